The maximum Gasteiger partial charge on any atom is 0.305 e. The summed E-state index contributed by atoms with van der Waals surface area (Å²) in [6.45, 7) is 7.87. The molecule has 0 unspecified atom stereocenters. The average Bonchev–Trinajstić information content (AvgIpc) is 3.07. The molecular weight excluding hydrogens is 505 g/mol. The molecule has 1 heterocycles. The molecular formula is C23H36IN5O2. The number of carbonyl (C=O) groups excluding carboxylic acids is 1. The van der Waals surface area contributed by atoms with Gasteiger partial charge in [-0.05, 0) is 51.3 Å². The molecule has 0 saturated heterocycles. The van der Waals surface area contributed by atoms with Crippen LogP contribution in [-0.4, -0.2) is 41.9 Å². The molecule has 1 aromatic carbocycles. The number of aryl methyl sites for hydroxylation is 2. The Bertz CT molecular complexity index is 835. The number of ether oxygens (including phenoxy) is 1. The molecule has 2 N–H and O–H groups in total. The van der Waals surface area contributed by atoms with E-state index < -0.39 is 0 Å². The number of halogens is 1. The Balaban J connectivity index is 0.00000480. The average molecular weight is 541 g/mol. The first-order chi connectivity index (χ1) is 14.5. The highest BCUT2D eigenvalue weighted by Crippen LogP contribution is 2.16. The van der Waals surface area contributed by atoms with Crippen LogP contribution in [-0.2, 0) is 16.1 Å². The Labute approximate surface area is 203 Å². The smallest absolute Gasteiger partial charge is 0.305 e. The first-order valence-electron chi connectivity index (χ1n) is 10.8. The minimum atomic E-state index is -0.0963. The van der Waals surface area contributed by atoms with E-state index in [4.69, 9.17) is 4.74 Å². The molecule has 8 heteroatoms. The number of rotatable bonds is 11. The molecule has 0 saturated carbocycles. The largest absolute Gasteiger partial charge is 0.466 e. The third-order valence-corrected chi connectivity index (χ3v) is 4.80. The number of aliphatic imine (C=N–C) groups is 1. The summed E-state index contributed by atoms with van der Waals surface area (Å²) >= 11 is 0. The second-order valence-electron chi connectivity index (χ2n) is 7.29. The number of para-hydroxylation sites is 1. The number of unbranched alkanes of at least 4 members (excludes halogenated alkanes) is 3. The molecule has 2 aromatic rings. The highest BCUT2D eigenvalue weighted by molar-refractivity contribution is 14.0. The minimum Gasteiger partial charge on any atom is -0.466 e. The Morgan fingerprint density at radius 1 is 1.13 bits per heavy atom. The van der Waals surface area contributed by atoms with Crippen LogP contribution in [0.5, 0.6) is 0 Å². The van der Waals surface area contributed by atoms with Gasteiger partial charge in [-0.25, -0.2) is 4.68 Å². The molecule has 7 nitrogen and oxygen atoms in total. The number of aromatic nitrogens is 2. The Morgan fingerprint density at radius 2 is 1.87 bits per heavy atom. The summed E-state index contributed by atoms with van der Waals surface area (Å²) in [7, 11) is 1.78. The van der Waals surface area contributed by atoms with Crippen molar-refractivity contribution in [2.24, 2.45) is 4.99 Å². The molecule has 2 rings (SSSR count). The molecule has 0 fully saturated rings. The summed E-state index contributed by atoms with van der Waals surface area (Å²) < 4.78 is 6.93. The van der Waals surface area contributed by atoms with E-state index in [1.807, 2.05) is 30.7 Å². The van der Waals surface area contributed by atoms with Gasteiger partial charge in [0.1, 0.15) is 0 Å². The van der Waals surface area contributed by atoms with E-state index in [1.165, 1.54) is 0 Å². The third-order valence-electron chi connectivity index (χ3n) is 4.80. The van der Waals surface area contributed by atoms with Crippen molar-refractivity contribution >= 4 is 35.9 Å². The molecule has 0 atom stereocenters. The van der Waals surface area contributed by atoms with E-state index in [9.17, 15) is 4.79 Å². The third kappa shape index (κ3) is 9.28. The number of hydrogen-bond acceptors (Lipinski definition) is 4. The van der Waals surface area contributed by atoms with Crippen molar-refractivity contribution in [3.63, 3.8) is 0 Å². The topological polar surface area (TPSA) is 80.5 Å². The van der Waals surface area contributed by atoms with Gasteiger partial charge in [-0.3, -0.25) is 9.79 Å². The van der Waals surface area contributed by atoms with Crippen molar-refractivity contribution in [3.05, 3.63) is 47.3 Å². The molecule has 0 aliphatic rings. The molecule has 1 aromatic heterocycles. The van der Waals surface area contributed by atoms with Crippen LogP contribution in [0.15, 0.2) is 35.3 Å². The monoisotopic (exact) mass is 541 g/mol. The van der Waals surface area contributed by atoms with Gasteiger partial charge in [0.05, 0.1) is 18.0 Å². The predicted octanol–water partition coefficient (Wildman–Crippen LogP) is 4.29. The lowest BCUT2D eigenvalue weighted by Gasteiger charge is -2.15. The van der Waals surface area contributed by atoms with E-state index in [0.717, 1.165) is 60.8 Å². The zero-order chi connectivity index (χ0) is 21.8. The summed E-state index contributed by atoms with van der Waals surface area (Å²) in [5.74, 6) is 0.686. The summed E-state index contributed by atoms with van der Waals surface area (Å²) in [6.07, 6.45) is 4.53. The Kier molecular flexibility index (Phi) is 12.9. The first-order valence-corrected chi connectivity index (χ1v) is 10.8. The van der Waals surface area contributed by atoms with E-state index in [2.05, 4.69) is 45.8 Å². The molecule has 0 spiro atoms. The molecule has 0 radical (unpaired) electrons. The van der Waals surface area contributed by atoms with Crippen LogP contribution in [0, 0.1) is 13.8 Å². The Morgan fingerprint density at radius 3 is 2.55 bits per heavy atom. The minimum absolute atomic E-state index is 0. The van der Waals surface area contributed by atoms with Gasteiger partial charge in [0, 0.05) is 32.3 Å². The van der Waals surface area contributed by atoms with Crippen LogP contribution in [0.4, 0.5) is 0 Å². The van der Waals surface area contributed by atoms with Gasteiger partial charge in [-0.1, -0.05) is 31.0 Å². The number of hydrogen-bond donors (Lipinski definition) is 2. The molecule has 0 aliphatic heterocycles. The zero-order valence-electron chi connectivity index (χ0n) is 19.1. The summed E-state index contributed by atoms with van der Waals surface area (Å²) in [6, 6.07) is 10.3. The van der Waals surface area contributed by atoms with Crippen LogP contribution >= 0.6 is 24.0 Å². The highest BCUT2D eigenvalue weighted by atomic mass is 127. The second kappa shape index (κ2) is 14.8. The van der Waals surface area contributed by atoms with Gasteiger partial charge < -0.3 is 15.4 Å². The van der Waals surface area contributed by atoms with Crippen LogP contribution in [0.1, 0.15) is 56.0 Å². The van der Waals surface area contributed by atoms with Gasteiger partial charge in [0.2, 0.25) is 0 Å². The zero-order valence-corrected chi connectivity index (χ0v) is 21.4. The molecule has 0 bridgehead atoms. The van der Waals surface area contributed by atoms with Gasteiger partial charge in [-0.2, -0.15) is 5.10 Å². The fourth-order valence-corrected chi connectivity index (χ4v) is 3.33. The van der Waals surface area contributed by atoms with E-state index in [-0.39, 0.29) is 29.9 Å². The fraction of sp³-hybridized carbons (Fsp3) is 0.522. The standard InChI is InChI=1S/C23H35N5O2.HI/c1-5-30-22(29)14-8-6-7-11-15-25-23(24-4)26-17-20-12-9-10-13-21(20)28-19(3)16-18(2)27-28;/h9-10,12-13,16H,5-8,11,14-15,17H2,1-4H3,(H2,24,25,26);1H. The van der Waals surface area contributed by atoms with Gasteiger partial charge in [-0.15, -0.1) is 24.0 Å². The van der Waals surface area contributed by atoms with Gasteiger partial charge in [0.15, 0.2) is 5.96 Å². The second-order valence-corrected chi connectivity index (χ2v) is 7.29. The number of guanidine groups is 1. The van der Waals surface area contributed by atoms with Gasteiger partial charge in [0.25, 0.3) is 0 Å². The molecule has 31 heavy (non-hydrogen) atoms. The maximum absolute atomic E-state index is 11.3. The number of esters is 1. The lowest BCUT2D eigenvalue weighted by Crippen LogP contribution is -2.37. The van der Waals surface area contributed by atoms with Crippen molar-refractivity contribution < 1.29 is 9.53 Å². The molecule has 172 valence electrons. The van der Waals surface area contributed by atoms with Crippen molar-refractivity contribution in [1.29, 1.82) is 0 Å². The van der Waals surface area contributed by atoms with E-state index in [1.54, 1.807) is 7.05 Å². The van der Waals surface area contributed by atoms with E-state index in [0.29, 0.717) is 19.6 Å². The van der Waals surface area contributed by atoms with Crippen LogP contribution in [0.3, 0.4) is 0 Å². The number of carbonyl (C=O) groups is 1. The Hall–Kier alpha value is -2.10. The summed E-state index contributed by atoms with van der Waals surface area (Å²) in [5, 5.41) is 11.4. The SMILES string of the molecule is CCOC(=O)CCCCCCNC(=NC)NCc1ccccc1-n1nc(C)cc1C.I. The van der Waals surface area contributed by atoms with Crippen molar-refractivity contribution in [2.45, 2.75) is 59.4 Å². The van der Waals surface area contributed by atoms with Crippen molar-refractivity contribution in [2.75, 3.05) is 20.2 Å². The number of nitrogens with one attached hydrogen (secondary N) is 2. The predicted molar refractivity (Wildman–Crippen MR) is 136 cm³/mol. The van der Waals surface area contributed by atoms with Crippen LogP contribution in [0.25, 0.3) is 5.69 Å². The van der Waals surface area contributed by atoms with Gasteiger partial charge >= 0.3 is 5.97 Å². The van der Waals surface area contributed by atoms with Crippen molar-refractivity contribution in [3.8, 4) is 5.69 Å². The summed E-state index contributed by atoms with van der Waals surface area (Å²) in [4.78, 5) is 15.6. The lowest BCUT2D eigenvalue weighted by molar-refractivity contribution is -0.143. The molecule has 0 aliphatic carbocycles. The highest BCUT2D eigenvalue weighted by Gasteiger charge is 2.09. The normalized spacial score (nSPS) is 11.0. The molecule has 0 amide bonds. The van der Waals surface area contributed by atoms with Crippen LogP contribution < -0.4 is 10.6 Å². The van der Waals surface area contributed by atoms with Crippen molar-refractivity contribution in [1.82, 2.24) is 20.4 Å². The first kappa shape index (κ1) is 26.9. The lowest BCUT2D eigenvalue weighted by atomic mass is 10.1. The summed E-state index contributed by atoms with van der Waals surface area (Å²) in [5.41, 5.74) is 4.36. The number of nitrogens with zero attached hydrogens (tertiary/aromatic N) is 3. The quantitative estimate of drug-likeness (QED) is 0.146. The van der Waals surface area contributed by atoms with E-state index >= 15 is 0 Å². The maximum atomic E-state index is 11.3. The van der Waals surface area contributed by atoms with Crippen LogP contribution in [0.2, 0.25) is 0 Å². The number of benzene rings is 1. The fourth-order valence-electron chi connectivity index (χ4n) is 3.33.